The fourth-order valence-electron chi connectivity index (χ4n) is 4.85. The molecular weight excluding hydrogens is 434 g/mol. The molecule has 1 unspecified atom stereocenters. The van der Waals surface area contributed by atoms with Crippen LogP contribution in [0, 0.1) is 5.92 Å². The Kier molecular flexibility index (Phi) is 7.47. The summed E-state index contributed by atoms with van der Waals surface area (Å²) in [5.41, 5.74) is 4.45. The summed E-state index contributed by atoms with van der Waals surface area (Å²) in [5.74, 6) is -0.949. The van der Waals surface area contributed by atoms with E-state index in [1.54, 1.807) is 0 Å². The number of rotatable bonds is 10. The Morgan fingerprint density at radius 3 is 2.26 bits per heavy atom. The predicted molar refractivity (Wildman–Crippen MR) is 127 cm³/mol. The van der Waals surface area contributed by atoms with Gasteiger partial charge in [0.1, 0.15) is 12.6 Å². The van der Waals surface area contributed by atoms with Gasteiger partial charge in [0.2, 0.25) is 5.91 Å². The molecule has 0 bridgehead atoms. The molecule has 2 amide bonds. The molecule has 4 rings (SSSR count). The Labute approximate surface area is 199 Å². The van der Waals surface area contributed by atoms with Crippen LogP contribution in [-0.4, -0.2) is 67.3 Å². The Morgan fingerprint density at radius 1 is 1.06 bits per heavy atom. The minimum absolute atomic E-state index is 0.00245. The Balaban J connectivity index is 1.33. The van der Waals surface area contributed by atoms with E-state index in [0.717, 1.165) is 41.8 Å². The number of benzene rings is 2. The molecule has 1 saturated heterocycles. The molecule has 3 N–H and O–H groups in total. The third kappa shape index (κ3) is 5.56. The first-order valence-corrected chi connectivity index (χ1v) is 11.7. The highest BCUT2D eigenvalue weighted by molar-refractivity contribution is 5.86. The minimum Gasteiger partial charge on any atom is -0.481 e. The number of nitrogens with one attached hydrogen (secondary N) is 2. The highest BCUT2D eigenvalue weighted by Crippen LogP contribution is 2.44. The third-order valence-corrected chi connectivity index (χ3v) is 6.59. The van der Waals surface area contributed by atoms with E-state index in [0.29, 0.717) is 12.5 Å². The summed E-state index contributed by atoms with van der Waals surface area (Å²) in [6.45, 7) is 2.64. The molecule has 2 aliphatic rings. The summed E-state index contributed by atoms with van der Waals surface area (Å²) in [5, 5.41) is 14.4. The number of nitrogens with zero attached hydrogens (tertiary/aromatic N) is 1. The first kappa shape index (κ1) is 23.8. The predicted octanol–water partition coefficient (Wildman–Crippen LogP) is 2.83. The van der Waals surface area contributed by atoms with Crippen LogP contribution in [0.2, 0.25) is 0 Å². The average Bonchev–Trinajstić information content (AvgIpc) is 3.12. The number of amides is 2. The average molecular weight is 466 g/mol. The smallest absolute Gasteiger partial charge is 0.407 e. The lowest BCUT2D eigenvalue weighted by Crippen LogP contribution is -2.49. The molecule has 0 saturated carbocycles. The van der Waals surface area contributed by atoms with E-state index in [1.165, 1.54) is 0 Å². The van der Waals surface area contributed by atoms with Gasteiger partial charge < -0.3 is 25.4 Å². The van der Waals surface area contributed by atoms with E-state index in [4.69, 9.17) is 9.84 Å². The zero-order valence-electron chi connectivity index (χ0n) is 19.3. The molecule has 34 heavy (non-hydrogen) atoms. The molecule has 0 spiro atoms. The lowest BCUT2D eigenvalue weighted by molar-refractivity contribution is -0.137. The van der Waals surface area contributed by atoms with Crippen molar-refractivity contribution in [2.75, 3.05) is 33.3 Å². The highest BCUT2D eigenvalue weighted by atomic mass is 16.5. The van der Waals surface area contributed by atoms with Crippen molar-refractivity contribution in [2.45, 2.75) is 31.2 Å². The van der Waals surface area contributed by atoms with Crippen molar-refractivity contribution in [2.24, 2.45) is 5.92 Å². The van der Waals surface area contributed by atoms with Gasteiger partial charge in [-0.1, -0.05) is 48.5 Å². The van der Waals surface area contributed by atoms with Crippen molar-refractivity contribution >= 4 is 18.0 Å². The van der Waals surface area contributed by atoms with E-state index in [2.05, 4.69) is 34.7 Å². The Bertz CT molecular complexity index is 1000. The molecule has 0 radical (unpaired) electrons. The van der Waals surface area contributed by atoms with Crippen LogP contribution in [0.15, 0.2) is 48.5 Å². The van der Waals surface area contributed by atoms with Gasteiger partial charge >= 0.3 is 12.1 Å². The molecule has 180 valence electrons. The van der Waals surface area contributed by atoms with Crippen molar-refractivity contribution in [3.63, 3.8) is 0 Å². The summed E-state index contributed by atoms with van der Waals surface area (Å²) in [7, 11) is 2.05. The fourth-order valence-corrected chi connectivity index (χ4v) is 4.85. The monoisotopic (exact) mass is 465 g/mol. The largest absolute Gasteiger partial charge is 0.481 e. The van der Waals surface area contributed by atoms with Crippen LogP contribution < -0.4 is 10.6 Å². The van der Waals surface area contributed by atoms with E-state index < -0.39 is 18.1 Å². The number of alkyl carbamates (subject to hydrolysis) is 1. The van der Waals surface area contributed by atoms with Crippen LogP contribution in [-0.2, 0) is 14.3 Å². The van der Waals surface area contributed by atoms with E-state index in [9.17, 15) is 14.4 Å². The van der Waals surface area contributed by atoms with Crippen LogP contribution in [0.25, 0.3) is 11.1 Å². The SMILES string of the molecule is CN1CC(CCNC(=O)C(CCC(=O)O)NC(=O)OCC2c3ccccc3-c3ccccc32)C1. The standard InChI is InChI=1S/C26H31N3O5/c1-29-14-17(15-29)12-13-27-25(32)23(10-11-24(30)31)28-26(33)34-16-22-20-8-4-2-6-18(20)19-7-3-5-9-21(19)22/h2-9,17,22-23H,10-16H2,1H3,(H,27,32)(H,28,33)(H,30,31). The number of ether oxygens (including phenoxy) is 1. The van der Waals surface area contributed by atoms with Gasteiger partial charge in [0.15, 0.2) is 0 Å². The first-order chi connectivity index (χ1) is 16.4. The zero-order chi connectivity index (χ0) is 24.1. The summed E-state index contributed by atoms with van der Waals surface area (Å²) < 4.78 is 5.53. The lowest BCUT2D eigenvalue weighted by Gasteiger charge is -2.36. The molecule has 1 aliphatic heterocycles. The number of hydrogen-bond donors (Lipinski definition) is 3. The second kappa shape index (κ2) is 10.7. The van der Waals surface area contributed by atoms with Crippen LogP contribution >= 0.6 is 0 Å². The van der Waals surface area contributed by atoms with Crippen molar-refractivity contribution in [1.29, 1.82) is 0 Å². The topological polar surface area (TPSA) is 108 Å². The number of carbonyl (C=O) groups is 3. The van der Waals surface area contributed by atoms with Crippen molar-refractivity contribution in [3.05, 3.63) is 59.7 Å². The molecule has 8 nitrogen and oxygen atoms in total. The molecule has 1 atom stereocenters. The highest BCUT2D eigenvalue weighted by Gasteiger charge is 2.30. The van der Waals surface area contributed by atoms with Gasteiger partial charge in [-0.25, -0.2) is 4.79 Å². The maximum atomic E-state index is 12.6. The van der Waals surface area contributed by atoms with Gasteiger partial charge in [-0.2, -0.15) is 0 Å². The minimum atomic E-state index is -1.02. The van der Waals surface area contributed by atoms with Gasteiger partial charge in [-0.3, -0.25) is 9.59 Å². The molecule has 2 aromatic carbocycles. The van der Waals surface area contributed by atoms with E-state index >= 15 is 0 Å². The van der Waals surface area contributed by atoms with Crippen LogP contribution in [0.4, 0.5) is 4.79 Å². The summed E-state index contributed by atoms with van der Waals surface area (Å²) in [6.07, 6.45) is -0.104. The molecule has 1 aliphatic carbocycles. The number of aliphatic carboxylic acids is 1. The number of fused-ring (bicyclic) bond motifs is 3. The third-order valence-electron chi connectivity index (χ3n) is 6.59. The summed E-state index contributed by atoms with van der Waals surface area (Å²) in [6, 6.07) is 15.1. The zero-order valence-corrected chi connectivity index (χ0v) is 19.3. The van der Waals surface area contributed by atoms with E-state index in [-0.39, 0.29) is 31.3 Å². The number of carbonyl (C=O) groups excluding carboxylic acids is 2. The first-order valence-electron chi connectivity index (χ1n) is 11.7. The number of carboxylic acids is 1. The second-order valence-electron chi connectivity index (χ2n) is 9.12. The molecular formula is C26H31N3O5. The fraction of sp³-hybridized carbons (Fsp3) is 0.423. The lowest BCUT2D eigenvalue weighted by atomic mass is 9.97. The molecule has 0 aromatic heterocycles. The van der Waals surface area contributed by atoms with Crippen molar-refractivity contribution in [1.82, 2.24) is 15.5 Å². The van der Waals surface area contributed by atoms with Crippen LogP contribution in [0.5, 0.6) is 0 Å². The number of hydrogen-bond acceptors (Lipinski definition) is 5. The number of likely N-dealkylation sites (tertiary alicyclic amines) is 1. The van der Waals surface area contributed by atoms with E-state index in [1.807, 2.05) is 36.4 Å². The van der Waals surface area contributed by atoms with Crippen LogP contribution in [0.1, 0.15) is 36.3 Å². The summed E-state index contributed by atoms with van der Waals surface area (Å²) >= 11 is 0. The second-order valence-corrected chi connectivity index (χ2v) is 9.12. The van der Waals surface area contributed by atoms with Crippen molar-refractivity contribution < 1.29 is 24.2 Å². The van der Waals surface area contributed by atoms with Gasteiger partial charge in [-0.15, -0.1) is 0 Å². The maximum Gasteiger partial charge on any atom is 0.407 e. The van der Waals surface area contributed by atoms with Gasteiger partial charge in [-0.05, 0) is 48.1 Å². The maximum absolute atomic E-state index is 12.6. The van der Waals surface area contributed by atoms with Gasteiger partial charge in [0.05, 0.1) is 0 Å². The Hall–Kier alpha value is -3.39. The summed E-state index contributed by atoms with van der Waals surface area (Å²) in [4.78, 5) is 38.5. The molecule has 1 heterocycles. The van der Waals surface area contributed by atoms with Crippen molar-refractivity contribution in [3.8, 4) is 11.1 Å². The quantitative estimate of drug-likeness (QED) is 0.498. The van der Waals surface area contributed by atoms with Gasteiger partial charge in [0.25, 0.3) is 0 Å². The van der Waals surface area contributed by atoms with Crippen LogP contribution in [0.3, 0.4) is 0 Å². The molecule has 8 heteroatoms. The number of carboxylic acid groups (broad SMARTS) is 1. The normalized spacial score (nSPS) is 16.1. The Morgan fingerprint density at radius 2 is 1.68 bits per heavy atom. The van der Waals surface area contributed by atoms with Gasteiger partial charge in [0, 0.05) is 32.0 Å². The molecule has 2 aromatic rings. The molecule has 1 fully saturated rings.